The summed E-state index contributed by atoms with van der Waals surface area (Å²) in [7, 11) is -2.42. The molecule has 0 amide bonds. The molecule has 0 saturated carbocycles. The Morgan fingerprint density at radius 1 is 1.15 bits per heavy atom. The number of nitrogens with one attached hydrogen (secondary N) is 1. The predicted molar refractivity (Wildman–Crippen MR) is 98.6 cm³/mol. The topological polar surface area (TPSA) is 88.4 Å². The van der Waals surface area contributed by atoms with E-state index in [4.69, 9.17) is 5.11 Å². The van der Waals surface area contributed by atoms with Gasteiger partial charge in [-0.1, -0.05) is 18.2 Å². The van der Waals surface area contributed by atoms with E-state index >= 15 is 0 Å². The maximum atomic E-state index is 14.3. The zero-order valence-electron chi connectivity index (χ0n) is 14.4. The molecule has 0 radical (unpaired) electrons. The van der Waals surface area contributed by atoms with Gasteiger partial charge in [-0.3, -0.25) is 0 Å². The number of hydrogen-bond acceptors (Lipinski definition) is 4. The summed E-state index contributed by atoms with van der Waals surface area (Å²) in [6, 6.07) is 12.5. The maximum absolute atomic E-state index is 14.3. The summed E-state index contributed by atoms with van der Waals surface area (Å²) in [5.74, 6) is -1.79. The Kier molecular flexibility index (Phi) is 5.11. The maximum Gasteiger partial charge on any atom is 0.335 e. The predicted octanol–water partition coefficient (Wildman–Crippen LogP) is 2.95. The van der Waals surface area contributed by atoms with Crippen molar-refractivity contribution in [2.45, 2.75) is 11.4 Å². The summed E-state index contributed by atoms with van der Waals surface area (Å²) in [6.45, 7) is 0.388. The average molecular weight is 388 g/mol. The van der Waals surface area contributed by atoms with Crippen molar-refractivity contribution in [2.75, 3.05) is 7.05 Å². The van der Waals surface area contributed by atoms with Gasteiger partial charge in [-0.2, -0.15) is 0 Å². The molecule has 0 aliphatic heterocycles. The van der Waals surface area contributed by atoms with E-state index in [0.717, 1.165) is 10.0 Å². The zero-order chi connectivity index (χ0) is 19.6. The van der Waals surface area contributed by atoms with Crippen molar-refractivity contribution in [1.29, 1.82) is 0 Å². The minimum atomic E-state index is -4.13. The highest BCUT2D eigenvalue weighted by molar-refractivity contribution is 7.90. The number of rotatable bonds is 6. The van der Waals surface area contributed by atoms with Gasteiger partial charge in [-0.05, 0) is 49.0 Å². The molecule has 1 heterocycles. The first-order valence-corrected chi connectivity index (χ1v) is 9.48. The molecule has 6 nitrogen and oxygen atoms in total. The molecular weight excluding hydrogens is 371 g/mol. The van der Waals surface area contributed by atoms with Gasteiger partial charge in [0.2, 0.25) is 0 Å². The normalized spacial score (nSPS) is 11.5. The number of carboxylic acid groups (broad SMARTS) is 1. The van der Waals surface area contributed by atoms with E-state index in [1.54, 1.807) is 19.2 Å². The van der Waals surface area contributed by atoms with Gasteiger partial charge in [0.05, 0.1) is 16.2 Å². The van der Waals surface area contributed by atoms with Crippen LogP contribution < -0.4 is 5.32 Å². The van der Waals surface area contributed by atoms with Gasteiger partial charge in [0.25, 0.3) is 10.0 Å². The number of hydrogen-bond donors (Lipinski definition) is 2. The van der Waals surface area contributed by atoms with Gasteiger partial charge in [0.1, 0.15) is 5.82 Å². The number of carbonyl (C=O) groups is 1. The molecule has 0 unspecified atom stereocenters. The van der Waals surface area contributed by atoms with Crippen molar-refractivity contribution in [1.82, 2.24) is 9.29 Å². The summed E-state index contributed by atoms with van der Waals surface area (Å²) in [4.78, 5) is 11.0. The number of carboxylic acids is 1. The second-order valence-electron chi connectivity index (χ2n) is 5.88. The summed E-state index contributed by atoms with van der Waals surface area (Å²) in [5.41, 5.74) is 0.803. The molecule has 8 heteroatoms. The van der Waals surface area contributed by atoms with Crippen molar-refractivity contribution in [3.8, 4) is 11.3 Å². The van der Waals surface area contributed by atoms with E-state index in [0.29, 0.717) is 12.1 Å². The molecule has 0 saturated heterocycles. The molecule has 140 valence electrons. The fraction of sp³-hybridized carbons (Fsp3) is 0.105. The molecule has 0 aliphatic rings. The molecule has 2 aromatic carbocycles. The average Bonchev–Trinajstić information content (AvgIpc) is 3.07. The Bertz CT molecular complexity index is 1110. The van der Waals surface area contributed by atoms with Gasteiger partial charge in [0.15, 0.2) is 0 Å². The first-order chi connectivity index (χ1) is 12.8. The molecule has 0 spiro atoms. The highest BCUT2D eigenvalue weighted by Crippen LogP contribution is 2.29. The van der Waals surface area contributed by atoms with Crippen molar-refractivity contribution in [3.63, 3.8) is 0 Å². The van der Waals surface area contributed by atoms with Crippen LogP contribution in [0.25, 0.3) is 11.3 Å². The summed E-state index contributed by atoms with van der Waals surface area (Å²) in [6.07, 6.45) is 1.40. The summed E-state index contributed by atoms with van der Waals surface area (Å²) < 4.78 is 41.6. The van der Waals surface area contributed by atoms with E-state index in [9.17, 15) is 17.6 Å². The van der Waals surface area contributed by atoms with Gasteiger partial charge in [-0.15, -0.1) is 0 Å². The van der Waals surface area contributed by atoms with Gasteiger partial charge in [-0.25, -0.2) is 21.6 Å². The van der Waals surface area contributed by atoms with E-state index in [1.807, 2.05) is 0 Å². The monoisotopic (exact) mass is 388 g/mol. The molecule has 0 atom stereocenters. The number of benzene rings is 2. The summed E-state index contributed by atoms with van der Waals surface area (Å²) in [5, 5.41) is 12.1. The second-order valence-corrected chi connectivity index (χ2v) is 7.69. The van der Waals surface area contributed by atoms with Crippen LogP contribution in [-0.4, -0.2) is 30.5 Å². The molecule has 27 heavy (non-hydrogen) atoms. The van der Waals surface area contributed by atoms with E-state index in [-0.39, 0.29) is 21.7 Å². The molecule has 0 fully saturated rings. The van der Waals surface area contributed by atoms with Gasteiger partial charge >= 0.3 is 5.97 Å². The molecule has 2 N–H and O–H groups in total. The fourth-order valence-electron chi connectivity index (χ4n) is 2.76. The van der Waals surface area contributed by atoms with Gasteiger partial charge < -0.3 is 10.4 Å². The lowest BCUT2D eigenvalue weighted by Crippen LogP contribution is -2.14. The third kappa shape index (κ3) is 3.62. The highest BCUT2D eigenvalue weighted by atomic mass is 32.2. The van der Waals surface area contributed by atoms with Gasteiger partial charge in [0, 0.05) is 18.3 Å². The lowest BCUT2D eigenvalue weighted by molar-refractivity contribution is 0.0696. The van der Waals surface area contributed by atoms with Crippen LogP contribution in [0.15, 0.2) is 65.7 Å². The molecule has 0 aliphatic carbocycles. The SMILES string of the molecule is CNCc1cc(-c2ccccc2F)n(S(=O)(=O)c2cccc(C(=O)O)c2)c1. The van der Waals surface area contributed by atoms with Crippen LogP contribution in [-0.2, 0) is 16.6 Å². The van der Waals surface area contributed by atoms with Crippen LogP contribution in [0.4, 0.5) is 4.39 Å². The van der Waals surface area contributed by atoms with E-state index in [2.05, 4.69) is 5.32 Å². The first-order valence-electron chi connectivity index (χ1n) is 8.04. The zero-order valence-corrected chi connectivity index (χ0v) is 15.2. The van der Waals surface area contributed by atoms with Crippen molar-refractivity contribution in [3.05, 3.63) is 77.7 Å². The van der Waals surface area contributed by atoms with Crippen molar-refractivity contribution >= 4 is 16.0 Å². The molecule has 0 bridgehead atoms. The third-order valence-corrected chi connectivity index (χ3v) is 5.68. The lowest BCUT2D eigenvalue weighted by Gasteiger charge is -2.11. The molecular formula is C19H17FN2O4S. The van der Waals surface area contributed by atoms with Crippen molar-refractivity contribution in [2.24, 2.45) is 0 Å². The van der Waals surface area contributed by atoms with Crippen LogP contribution >= 0.6 is 0 Å². The number of aromatic carboxylic acids is 1. The second kappa shape index (κ2) is 7.34. The quantitative estimate of drug-likeness (QED) is 0.678. The molecule has 3 aromatic rings. The standard InChI is InChI=1S/C19H17FN2O4S/c1-21-11-13-9-18(16-7-2-3-8-17(16)20)22(12-13)27(25,26)15-6-4-5-14(10-15)19(23)24/h2-10,12,21H,11H2,1H3,(H,23,24). The largest absolute Gasteiger partial charge is 0.478 e. The third-order valence-electron chi connectivity index (χ3n) is 4.01. The number of aromatic nitrogens is 1. The van der Waals surface area contributed by atoms with Crippen LogP contribution in [0.5, 0.6) is 0 Å². The van der Waals surface area contributed by atoms with Crippen molar-refractivity contribution < 1.29 is 22.7 Å². The Balaban J connectivity index is 2.22. The van der Waals surface area contributed by atoms with Crippen LogP contribution in [0.3, 0.4) is 0 Å². The Morgan fingerprint density at radius 2 is 1.89 bits per heavy atom. The van der Waals surface area contributed by atoms with E-state index in [1.165, 1.54) is 42.6 Å². The Hall–Kier alpha value is -2.97. The minimum absolute atomic E-state index is 0.137. The fourth-order valence-corrected chi connectivity index (χ4v) is 4.20. The van der Waals surface area contributed by atoms with Crippen LogP contribution in [0.2, 0.25) is 0 Å². The molecule has 1 aromatic heterocycles. The Morgan fingerprint density at radius 3 is 2.56 bits per heavy atom. The number of halogens is 1. The highest BCUT2D eigenvalue weighted by Gasteiger charge is 2.24. The summed E-state index contributed by atoms with van der Waals surface area (Å²) >= 11 is 0. The lowest BCUT2D eigenvalue weighted by atomic mass is 10.1. The van der Waals surface area contributed by atoms with Crippen LogP contribution in [0, 0.1) is 5.82 Å². The molecule has 3 rings (SSSR count). The Labute approximate surface area is 155 Å². The number of nitrogens with zero attached hydrogens (tertiary/aromatic N) is 1. The minimum Gasteiger partial charge on any atom is -0.478 e. The van der Waals surface area contributed by atoms with E-state index < -0.39 is 21.8 Å². The van der Waals surface area contributed by atoms with Crippen LogP contribution in [0.1, 0.15) is 15.9 Å². The smallest absolute Gasteiger partial charge is 0.335 e. The first kappa shape index (κ1) is 18.8.